The van der Waals surface area contributed by atoms with Gasteiger partial charge in [-0.1, -0.05) is 32.4 Å². The first-order valence-corrected chi connectivity index (χ1v) is 27.3. The van der Waals surface area contributed by atoms with E-state index in [1.165, 1.54) is 36.4 Å². The number of nitrogens with zero attached hydrogens (tertiary/aromatic N) is 3. The van der Waals surface area contributed by atoms with Crippen molar-refractivity contribution >= 4 is 92.1 Å². The topological polar surface area (TPSA) is 279 Å². The van der Waals surface area contributed by atoms with Crippen molar-refractivity contribution in [1.29, 1.82) is 0 Å². The number of aliphatic carboxylic acids is 1. The summed E-state index contributed by atoms with van der Waals surface area (Å²) in [6, 6.07) is 15.7. The quantitative estimate of drug-likeness (QED) is 0.0145. The molecule has 21 heteroatoms. The molecule has 0 saturated carbocycles. The maximum atomic E-state index is 13.4. The number of carbonyl (C=O) groups excluding carboxylic acids is 1. The van der Waals surface area contributed by atoms with Crippen LogP contribution in [0.25, 0.3) is 27.1 Å². The Morgan fingerprint density at radius 3 is 2.01 bits per heavy atom. The second-order valence-corrected chi connectivity index (χ2v) is 23.0. The second kappa shape index (κ2) is 19.4. The van der Waals surface area contributed by atoms with Crippen molar-refractivity contribution in [3.8, 4) is 0 Å². The third-order valence-corrected chi connectivity index (χ3v) is 16.1. The van der Waals surface area contributed by atoms with Gasteiger partial charge in [0.1, 0.15) is 11.4 Å². The normalized spacial score (nSPS) is 16.3. The van der Waals surface area contributed by atoms with Crippen molar-refractivity contribution in [3.63, 3.8) is 0 Å². The number of benzene rings is 5. The van der Waals surface area contributed by atoms with Crippen LogP contribution in [0.1, 0.15) is 99.8 Å². The molecule has 18 nitrogen and oxygen atoms in total. The van der Waals surface area contributed by atoms with Crippen LogP contribution in [0.5, 0.6) is 0 Å². The van der Waals surface area contributed by atoms with E-state index in [9.17, 15) is 58.6 Å². The van der Waals surface area contributed by atoms with E-state index in [0.717, 1.165) is 28.4 Å². The highest BCUT2D eigenvalue weighted by Crippen LogP contribution is 2.52. The summed E-state index contributed by atoms with van der Waals surface area (Å²) in [5.41, 5.74) is 2.70. The Labute approximate surface area is 417 Å². The molecule has 5 N–H and O–H groups in total. The van der Waals surface area contributed by atoms with Gasteiger partial charge in [-0.2, -0.15) is 29.8 Å². The van der Waals surface area contributed by atoms with Crippen LogP contribution in [0.3, 0.4) is 0 Å². The largest absolute Gasteiger partial charge is 0.481 e. The second-order valence-electron chi connectivity index (χ2n) is 18.8. The van der Waals surface area contributed by atoms with Crippen molar-refractivity contribution < 1.29 is 63.1 Å². The molecular formula is C51H55N4O14S3+. The number of carboxylic acid groups (broad SMARTS) is 1. The van der Waals surface area contributed by atoms with Gasteiger partial charge in [-0.3, -0.25) is 33.4 Å². The molecule has 0 unspecified atom stereocenters. The molecule has 7 rings (SSSR count). The molecular weight excluding hydrogens is 989 g/mol. The Bertz CT molecular complexity index is 3630. The molecule has 2 aliphatic heterocycles. The first kappa shape index (κ1) is 53.2. The van der Waals surface area contributed by atoms with Crippen LogP contribution in [0, 0.1) is 17.0 Å². The van der Waals surface area contributed by atoms with E-state index in [-0.39, 0.29) is 39.8 Å². The van der Waals surface area contributed by atoms with Crippen molar-refractivity contribution in [2.24, 2.45) is 0 Å². The van der Waals surface area contributed by atoms with Crippen LogP contribution in [0.4, 0.5) is 17.1 Å². The smallest absolute Gasteiger partial charge is 0.303 e. The Morgan fingerprint density at radius 2 is 1.42 bits per heavy atom. The Kier molecular flexibility index (Phi) is 14.4. The van der Waals surface area contributed by atoms with Crippen molar-refractivity contribution in [2.45, 2.75) is 99.7 Å². The number of anilines is 1. The van der Waals surface area contributed by atoms with Crippen molar-refractivity contribution in [3.05, 3.63) is 135 Å². The number of rotatable bonds is 17. The Balaban J connectivity index is 1.42. The lowest BCUT2D eigenvalue weighted by atomic mass is 9.78. The Morgan fingerprint density at radius 1 is 0.778 bits per heavy atom. The van der Waals surface area contributed by atoms with Gasteiger partial charge >= 0.3 is 5.97 Å². The number of likely N-dealkylation sites (N-methyl/N-ethyl adjacent to an activating group) is 1. The molecule has 0 radical (unpaired) electrons. The zero-order valence-corrected chi connectivity index (χ0v) is 43.0. The summed E-state index contributed by atoms with van der Waals surface area (Å²) in [6.07, 6.45) is 8.38. The minimum atomic E-state index is -5.01. The molecule has 0 aliphatic carbocycles. The van der Waals surface area contributed by atoms with Crippen LogP contribution < -0.4 is 10.2 Å². The maximum absolute atomic E-state index is 13.4. The molecule has 0 spiro atoms. The highest BCUT2D eigenvalue weighted by Gasteiger charge is 2.46. The number of hydrogen-bond donors (Lipinski definition) is 5. The van der Waals surface area contributed by atoms with Gasteiger partial charge in [0, 0.05) is 71.0 Å². The summed E-state index contributed by atoms with van der Waals surface area (Å²) in [5, 5.41) is 26.2. The number of amides is 1. The molecule has 0 atom stereocenters. The average molecular weight is 1040 g/mol. The zero-order chi connectivity index (χ0) is 53.0. The first-order chi connectivity index (χ1) is 33.5. The molecule has 5 aromatic carbocycles. The lowest BCUT2D eigenvalue weighted by molar-refractivity contribution is -0.433. The van der Waals surface area contributed by atoms with E-state index < -0.39 is 73.5 Å². The molecule has 72 heavy (non-hydrogen) atoms. The fraction of sp³-hybridized carbons (Fsp3) is 0.314. The minimum Gasteiger partial charge on any atom is -0.481 e. The number of hydrogen-bond acceptors (Lipinski definition) is 11. The third-order valence-electron chi connectivity index (χ3n) is 13.5. The molecule has 0 bridgehead atoms. The number of nitrogens with one attached hydrogen (secondary N) is 1. The highest BCUT2D eigenvalue weighted by atomic mass is 32.2. The van der Waals surface area contributed by atoms with Gasteiger partial charge in [-0.05, 0) is 141 Å². The fourth-order valence-electron chi connectivity index (χ4n) is 10.2. The van der Waals surface area contributed by atoms with Gasteiger partial charge in [0.25, 0.3) is 41.9 Å². The molecule has 0 fully saturated rings. The molecule has 0 saturated heterocycles. The summed E-state index contributed by atoms with van der Waals surface area (Å²) in [6.45, 7) is 14.1. The fourth-order valence-corrected chi connectivity index (χ4v) is 12.1. The van der Waals surface area contributed by atoms with Gasteiger partial charge in [-0.15, -0.1) is 0 Å². The van der Waals surface area contributed by atoms with Crippen LogP contribution in [-0.2, 0) is 46.0 Å². The van der Waals surface area contributed by atoms with E-state index in [4.69, 9.17) is 5.11 Å². The standard InChI is InChI=1S/C51H54N4O14S3/c1-8-53-40-20-18-35-30(3)25-33(70(61,62)63)27-38(35)47(40)50(4,5)44(53)22-15-31(36-17-14-32(26-42(36)55(59)60)49(58)52-24-12-10-11-13-46(56)57)16-23-45-51(6,7)48-39-28-34(71(64,65)66)29-43(72(67,68)69)37(39)19-21-41(48)54(45)9-2/h14-23,25-29H,8-13,24H2,1-7H3,(H4-,52,56,57,58,61,62,63,64,65,66,67,68,69)/p+1. The van der Waals surface area contributed by atoms with E-state index in [0.29, 0.717) is 71.9 Å². The van der Waals surface area contributed by atoms with Gasteiger partial charge < -0.3 is 15.3 Å². The van der Waals surface area contributed by atoms with Gasteiger partial charge in [0.2, 0.25) is 5.69 Å². The number of allylic oxidation sites excluding steroid dienone is 6. The third kappa shape index (κ3) is 9.96. The van der Waals surface area contributed by atoms with Gasteiger partial charge in [0.05, 0.1) is 25.7 Å². The molecule has 2 heterocycles. The summed E-state index contributed by atoms with van der Waals surface area (Å²) >= 11 is 0. The number of aryl methyl sites for hydroxylation is 1. The zero-order valence-electron chi connectivity index (χ0n) is 40.5. The monoisotopic (exact) mass is 1040 g/mol. The van der Waals surface area contributed by atoms with Crippen LogP contribution in [0.15, 0.2) is 111 Å². The number of carboxylic acids is 1. The molecule has 380 valence electrons. The highest BCUT2D eigenvalue weighted by molar-refractivity contribution is 7.87. The van der Waals surface area contributed by atoms with Crippen LogP contribution in [0.2, 0.25) is 0 Å². The predicted molar refractivity (Wildman–Crippen MR) is 273 cm³/mol. The van der Waals surface area contributed by atoms with Crippen LogP contribution >= 0.6 is 0 Å². The number of unbranched alkanes of at least 4 members (excludes halogenated alkanes) is 2. The van der Waals surface area contributed by atoms with E-state index in [1.54, 1.807) is 31.2 Å². The Hall–Kier alpha value is -6.62. The first-order valence-electron chi connectivity index (χ1n) is 23.0. The summed E-state index contributed by atoms with van der Waals surface area (Å²) in [7, 11) is -14.6. The number of fused-ring (bicyclic) bond motifs is 6. The van der Waals surface area contributed by atoms with Gasteiger partial charge in [-0.25, -0.2) is 0 Å². The number of carbonyl (C=O) groups is 2. The predicted octanol–water partition coefficient (Wildman–Crippen LogP) is 9.06. The molecule has 0 aromatic heterocycles. The summed E-state index contributed by atoms with van der Waals surface area (Å²) in [5.74, 6) is -1.50. The molecule has 2 aliphatic rings. The van der Waals surface area contributed by atoms with Crippen molar-refractivity contribution in [2.75, 3.05) is 24.5 Å². The SMILES string of the molecule is CCN1/C(=C/C=C(/C=C/C2=[N+](CC)c3ccc4c(C)cc(S(=O)(=O)O)cc4c3C2(C)C)c2ccc(C(=O)NCCCCCC(=O)O)cc2[N+](=O)[O-])C(C)(C)c2c1ccc1c(S(=O)(=O)O)cc(S(=O)(=O)O)cc21. The average Bonchev–Trinajstić information content (AvgIpc) is 3.66. The summed E-state index contributed by atoms with van der Waals surface area (Å²) in [4.78, 5) is 36.9. The maximum Gasteiger partial charge on any atom is 0.303 e. The molecule has 1 amide bonds. The van der Waals surface area contributed by atoms with E-state index in [1.807, 2.05) is 69.2 Å². The van der Waals surface area contributed by atoms with Crippen molar-refractivity contribution in [1.82, 2.24) is 5.32 Å². The van der Waals surface area contributed by atoms with E-state index >= 15 is 0 Å². The summed E-state index contributed by atoms with van der Waals surface area (Å²) < 4.78 is 108. The van der Waals surface area contributed by atoms with E-state index in [2.05, 4.69) is 5.32 Å². The lowest BCUT2D eigenvalue weighted by Gasteiger charge is -2.26. The minimum absolute atomic E-state index is 0.000885. The number of nitro benzene ring substituents is 1. The van der Waals surface area contributed by atoms with Crippen LogP contribution in [-0.4, -0.2) is 90.7 Å². The molecule has 5 aromatic rings. The number of nitro groups is 1. The lowest BCUT2D eigenvalue weighted by Crippen LogP contribution is -2.27. The van der Waals surface area contributed by atoms with Gasteiger partial charge in [0.15, 0.2) is 5.71 Å².